The van der Waals surface area contributed by atoms with Crippen LogP contribution in [-0.4, -0.2) is 10.2 Å². The Hall–Kier alpha value is -1.96. The minimum atomic E-state index is 0.125. The van der Waals surface area contributed by atoms with Crippen molar-refractivity contribution in [3.63, 3.8) is 0 Å². The van der Waals surface area contributed by atoms with Gasteiger partial charge in [-0.1, -0.05) is 19.1 Å². The maximum Gasteiger partial charge on any atom is 0.115 e. The molecule has 3 rings (SSSR count). The number of aryl methyl sites for hydroxylation is 2. The third-order valence-electron chi connectivity index (χ3n) is 5.28. The van der Waals surface area contributed by atoms with Gasteiger partial charge in [0.1, 0.15) is 11.5 Å². The number of fused-ring (bicyclic) bond motifs is 1. The van der Waals surface area contributed by atoms with Crippen LogP contribution >= 0.6 is 0 Å². The Kier molecular flexibility index (Phi) is 3.86. The summed E-state index contributed by atoms with van der Waals surface area (Å²) in [6.45, 7) is 4.35. The van der Waals surface area contributed by atoms with Gasteiger partial charge in [0.2, 0.25) is 0 Å². The standard InChI is InChI=1S/C20H24O2/c1-3-20(19-9-8-17(21)11-14(19)2)10-4-5-15-12-18(22)7-6-16(15)13-20/h6-9,11-12,21-22H,3-5,10,13H2,1-2H3. The lowest BCUT2D eigenvalue weighted by Gasteiger charge is -2.34. The Morgan fingerprint density at radius 1 is 1.00 bits per heavy atom. The largest absolute Gasteiger partial charge is 0.508 e. The van der Waals surface area contributed by atoms with Crippen molar-refractivity contribution in [3.05, 3.63) is 58.7 Å². The van der Waals surface area contributed by atoms with E-state index in [9.17, 15) is 10.2 Å². The van der Waals surface area contributed by atoms with E-state index in [2.05, 4.69) is 26.0 Å². The zero-order valence-corrected chi connectivity index (χ0v) is 13.4. The SMILES string of the molecule is CCC1(c2ccc(O)cc2C)CCCc2cc(O)ccc2C1. The molecule has 0 saturated heterocycles. The summed E-state index contributed by atoms with van der Waals surface area (Å²) >= 11 is 0. The fourth-order valence-electron chi connectivity index (χ4n) is 4.05. The van der Waals surface area contributed by atoms with Crippen LogP contribution in [0, 0.1) is 6.92 Å². The zero-order valence-electron chi connectivity index (χ0n) is 13.4. The van der Waals surface area contributed by atoms with Crippen molar-refractivity contribution in [2.24, 2.45) is 0 Å². The molecule has 0 aliphatic heterocycles. The molecule has 0 radical (unpaired) electrons. The van der Waals surface area contributed by atoms with Crippen molar-refractivity contribution < 1.29 is 10.2 Å². The van der Waals surface area contributed by atoms with Crippen molar-refractivity contribution in [2.45, 2.75) is 51.4 Å². The maximum atomic E-state index is 9.73. The molecule has 22 heavy (non-hydrogen) atoms. The molecule has 116 valence electrons. The Bertz CT molecular complexity index is 690. The van der Waals surface area contributed by atoms with Crippen molar-refractivity contribution in [3.8, 4) is 11.5 Å². The Morgan fingerprint density at radius 3 is 2.45 bits per heavy atom. The quantitative estimate of drug-likeness (QED) is 0.793. The molecule has 0 fully saturated rings. The molecule has 0 saturated carbocycles. The highest BCUT2D eigenvalue weighted by molar-refractivity contribution is 5.43. The van der Waals surface area contributed by atoms with Gasteiger partial charge < -0.3 is 10.2 Å². The fourth-order valence-corrected chi connectivity index (χ4v) is 4.05. The first-order chi connectivity index (χ1) is 10.5. The normalized spacial score (nSPS) is 21.2. The highest BCUT2D eigenvalue weighted by atomic mass is 16.3. The highest BCUT2D eigenvalue weighted by Crippen LogP contribution is 2.42. The summed E-state index contributed by atoms with van der Waals surface area (Å²) in [6.07, 6.45) is 5.39. The van der Waals surface area contributed by atoms with Gasteiger partial charge >= 0.3 is 0 Å². The second-order valence-corrected chi connectivity index (χ2v) is 6.62. The average Bonchev–Trinajstić information content (AvgIpc) is 2.66. The molecule has 2 aromatic rings. The average molecular weight is 296 g/mol. The van der Waals surface area contributed by atoms with Gasteiger partial charge in [0.05, 0.1) is 0 Å². The molecule has 1 aliphatic carbocycles. The van der Waals surface area contributed by atoms with Crippen LogP contribution in [-0.2, 0) is 18.3 Å². The lowest BCUT2D eigenvalue weighted by molar-refractivity contribution is 0.372. The van der Waals surface area contributed by atoms with Crippen molar-refractivity contribution in [1.29, 1.82) is 0 Å². The number of aromatic hydroxyl groups is 2. The Labute approximate surface area is 132 Å². The van der Waals surface area contributed by atoms with Crippen LogP contribution in [0.4, 0.5) is 0 Å². The van der Waals surface area contributed by atoms with Crippen LogP contribution in [0.25, 0.3) is 0 Å². The Balaban J connectivity index is 2.07. The summed E-state index contributed by atoms with van der Waals surface area (Å²) in [7, 11) is 0. The van der Waals surface area contributed by atoms with E-state index in [1.807, 2.05) is 18.2 Å². The molecule has 0 bridgehead atoms. The van der Waals surface area contributed by atoms with Crippen LogP contribution in [0.1, 0.15) is 48.4 Å². The first kappa shape index (κ1) is 15.0. The van der Waals surface area contributed by atoms with E-state index in [0.717, 1.165) is 32.1 Å². The second kappa shape index (κ2) is 5.68. The van der Waals surface area contributed by atoms with E-state index in [1.165, 1.54) is 22.3 Å². The van der Waals surface area contributed by atoms with Crippen molar-refractivity contribution >= 4 is 0 Å². The molecule has 0 aromatic heterocycles. The molecular weight excluding hydrogens is 272 g/mol. The minimum Gasteiger partial charge on any atom is -0.508 e. The molecule has 0 amide bonds. The van der Waals surface area contributed by atoms with Crippen LogP contribution in [0.15, 0.2) is 36.4 Å². The summed E-state index contributed by atoms with van der Waals surface area (Å²) in [5.74, 6) is 0.704. The maximum absolute atomic E-state index is 9.73. The fraction of sp³-hybridized carbons (Fsp3) is 0.400. The number of hydrogen-bond donors (Lipinski definition) is 2. The van der Waals surface area contributed by atoms with Gasteiger partial charge in [0, 0.05) is 0 Å². The molecule has 0 spiro atoms. The molecule has 2 aromatic carbocycles. The number of benzene rings is 2. The van der Waals surface area contributed by atoms with Gasteiger partial charge in [-0.2, -0.15) is 0 Å². The molecule has 0 heterocycles. The van der Waals surface area contributed by atoms with Gasteiger partial charge in [-0.15, -0.1) is 0 Å². The predicted octanol–water partition coefficient (Wildman–Crippen LogP) is 4.63. The van der Waals surface area contributed by atoms with Crippen molar-refractivity contribution in [1.82, 2.24) is 0 Å². The minimum absolute atomic E-state index is 0.125. The van der Waals surface area contributed by atoms with Crippen LogP contribution in [0.2, 0.25) is 0 Å². The van der Waals surface area contributed by atoms with E-state index < -0.39 is 0 Å². The molecule has 1 unspecified atom stereocenters. The molecule has 2 nitrogen and oxygen atoms in total. The van der Waals surface area contributed by atoms with Crippen LogP contribution in [0.5, 0.6) is 11.5 Å². The van der Waals surface area contributed by atoms with Gasteiger partial charge in [-0.3, -0.25) is 0 Å². The van der Waals surface area contributed by atoms with E-state index in [0.29, 0.717) is 11.5 Å². The van der Waals surface area contributed by atoms with Gasteiger partial charge in [-0.25, -0.2) is 0 Å². The highest BCUT2D eigenvalue weighted by Gasteiger charge is 2.34. The topological polar surface area (TPSA) is 40.5 Å². The van der Waals surface area contributed by atoms with Crippen LogP contribution < -0.4 is 0 Å². The number of rotatable bonds is 2. The first-order valence-electron chi connectivity index (χ1n) is 8.15. The molecule has 1 atom stereocenters. The van der Waals surface area contributed by atoms with Crippen molar-refractivity contribution in [2.75, 3.05) is 0 Å². The summed E-state index contributed by atoms with van der Waals surface area (Å²) in [4.78, 5) is 0. The summed E-state index contributed by atoms with van der Waals surface area (Å²) in [5.41, 5.74) is 5.29. The molecular formula is C20H24O2. The summed E-state index contributed by atoms with van der Waals surface area (Å²) < 4.78 is 0. The van der Waals surface area contributed by atoms with Gasteiger partial charge in [-0.05, 0) is 91.0 Å². The van der Waals surface area contributed by atoms with Gasteiger partial charge in [0.25, 0.3) is 0 Å². The van der Waals surface area contributed by atoms with Crippen LogP contribution in [0.3, 0.4) is 0 Å². The first-order valence-corrected chi connectivity index (χ1v) is 8.15. The molecule has 2 heteroatoms. The van der Waals surface area contributed by atoms with E-state index in [4.69, 9.17) is 0 Å². The lowest BCUT2D eigenvalue weighted by atomic mass is 9.70. The summed E-state index contributed by atoms with van der Waals surface area (Å²) in [6, 6.07) is 11.6. The van der Waals surface area contributed by atoms with E-state index >= 15 is 0 Å². The molecule has 2 N–H and O–H groups in total. The van der Waals surface area contributed by atoms with Gasteiger partial charge in [0.15, 0.2) is 0 Å². The number of hydrogen-bond acceptors (Lipinski definition) is 2. The third kappa shape index (κ3) is 2.58. The monoisotopic (exact) mass is 296 g/mol. The number of phenols is 2. The predicted molar refractivity (Wildman–Crippen MR) is 89.6 cm³/mol. The second-order valence-electron chi connectivity index (χ2n) is 6.62. The molecule has 1 aliphatic rings. The zero-order chi connectivity index (χ0) is 15.7. The summed E-state index contributed by atoms with van der Waals surface area (Å²) in [5, 5.41) is 19.4. The van der Waals surface area contributed by atoms with E-state index in [1.54, 1.807) is 6.07 Å². The van der Waals surface area contributed by atoms with E-state index in [-0.39, 0.29) is 5.41 Å². The third-order valence-corrected chi connectivity index (χ3v) is 5.28. The Morgan fingerprint density at radius 2 is 1.73 bits per heavy atom. The number of phenolic OH excluding ortho intramolecular Hbond substituents is 2. The lowest BCUT2D eigenvalue weighted by Crippen LogP contribution is -2.28. The smallest absolute Gasteiger partial charge is 0.115 e.